The van der Waals surface area contributed by atoms with E-state index in [2.05, 4.69) is 4.74 Å². The van der Waals surface area contributed by atoms with Crippen LogP contribution in [0.2, 0.25) is 0 Å². The molecule has 1 atom stereocenters. The van der Waals surface area contributed by atoms with Crippen molar-refractivity contribution in [2.45, 2.75) is 68.6 Å². The summed E-state index contributed by atoms with van der Waals surface area (Å²) in [5, 5.41) is 0. The van der Waals surface area contributed by atoms with Gasteiger partial charge in [-0.3, -0.25) is 0 Å². The Morgan fingerprint density at radius 3 is 1.58 bits per heavy atom. The lowest BCUT2D eigenvalue weighted by molar-refractivity contribution is -0.440. The Balaban J connectivity index is 3.46. The molecular formula is C19H19F13O. The Morgan fingerprint density at radius 2 is 1.15 bits per heavy atom. The minimum absolute atomic E-state index is 0.113. The molecule has 0 radical (unpaired) electrons. The van der Waals surface area contributed by atoms with Gasteiger partial charge in [0, 0.05) is 13.5 Å². The van der Waals surface area contributed by atoms with E-state index in [0.29, 0.717) is 7.11 Å². The lowest BCUT2D eigenvalue weighted by atomic mass is 9.88. The normalized spacial score (nSPS) is 15.8. The number of hydrogen-bond donors (Lipinski definition) is 0. The summed E-state index contributed by atoms with van der Waals surface area (Å²) in [6, 6.07) is 5.14. The summed E-state index contributed by atoms with van der Waals surface area (Å²) in [6.45, 7) is 3.37. The van der Waals surface area contributed by atoms with Crippen molar-refractivity contribution in [1.29, 1.82) is 0 Å². The van der Waals surface area contributed by atoms with Gasteiger partial charge in [-0.05, 0) is 23.5 Å². The minimum atomic E-state index is -7.91. The number of methoxy groups -OCH3 is 1. The Morgan fingerprint density at radius 1 is 0.697 bits per heavy atom. The van der Waals surface area contributed by atoms with Gasteiger partial charge in [-0.15, -0.1) is 0 Å². The van der Waals surface area contributed by atoms with Crippen LogP contribution in [0, 0.1) is 5.92 Å². The molecular weight excluding hydrogens is 491 g/mol. The van der Waals surface area contributed by atoms with Crippen LogP contribution in [0.25, 0.3) is 0 Å². The maximum atomic E-state index is 14.3. The molecule has 1 aromatic carbocycles. The van der Waals surface area contributed by atoms with Gasteiger partial charge in [-0.25, -0.2) is 0 Å². The van der Waals surface area contributed by atoms with E-state index in [1.165, 1.54) is 18.2 Å². The van der Waals surface area contributed by atoms with E-state index in [1.807, 2.05) is 0 Å². The number of halogens is 13. The molecule has 192 valence electrons. The molecule has 1 nitrogen and oxygen atoms in total. The van der Waals surface area contributed by atoms with Crippen LogP contribution in [0.5, 0.6) is 0 Å². The number of ether oxygens (including phenoxy) is 1. The fourth-order valence-corrected chi connectivity index (χ4v) is 2.96. The highest BCUT2D eigenvalue weighted by Gasteiger charge is 2.90. The second-order valence-electron chi connectivity index (χ2n) is 7.73. The molecule has 0 saturated heterocycles. The zero-order valence-electron chi connectivity index (χ0n) is 17.2. The molecule has 0 aliphatic carbocycles. The average molecular weight is 510 g/mol. The smallest absolute Gasteiger partial charge is 0.377 e. The van der Waals surface area contributed by atoms with Crippen LogP contribution in [0.4, 0.5) is 57.1 Å². The van der Waals surface area contributed by atoms with E-state index in [-0.39, 0.29) is 23.5 Å². The summed E-state index contributed by atoms with van der Waals surface area (Å²) in [5.74, 6) is -37.1. The number of benzene rings is 1. The van der Waals surface area contributed by atoms with E-state index in [4.69, 9.17) is 0 Å². The molecule has 1 aromatic rings. The summed E-state index contributed by atoms with van der Waals surface area (Å²) in [5.41, 5.74) is 0.0408. The van der Waals surface area contributed by atoms with Crippen molar-refractivity contribution < 1.29 is 61.8 Å². The van der Waals surface area contributed by atoms with Crippen LogP contribution in [0.3, 0.4) is 0 Å². The van der Waals surface area contributed by atoms with E-state index >= 15 is 0 Å². The van der Waals surface area contributed by atoms with Gasteiger partial charge in [0.15, 0.2) is 0 Å². The molecule has 1 unspecified atom stereocenters. The zero-order chi connectivity index (χ0) is 26.3. The molecule has 33 heavy (non-hydrogen) atoms. The van der Waals surface area contributed by atoms with Gasteiger partial charge in [0.1, 0.15) is 0 Å². The van der Waals surface area contributed by atoms with Crippen molar-refractivity contribution in [1.82, 2.24) is 0 Å². The van der Waals surface area contributed by atoms with Crippen LogP contribution < -0.4 is 0 Å². The molecule has 0 fully saturated rings. The minimum Gasteiger partial charge on any atom is -0.377 e. The molecule has 0 saturated carbocycles. The summed E-state index contributed by atoms with van der Waals surface area (Å²) in [4.78, 5) is 0. The first-order valence-corrected chi connectivity index (χ1v) is 9.15. The summed E-state index contributed by atoms with van der Waals surface area (Å²) in [6.07, 6.45) is -11.8. The van der Waals surface area contributed by atoms with Gasteiger partial charge >= 0.3 is 35.8 Å². The first kappa shape index (κ1) is 29.3. The molecule has 0 N–H and O–H groups in total. The lowest BCUT2D eigenvalue weighted by Gasteiger charge is -2.40. The Kier molecular flexibility index (Phi) is 8.11. The quantitative estimate of drug-likeness (QED) is 0.293. The molecule has 14 heteroatoms. The first-order chi connectivity index (χ1) is 14.6. The average Bonchev–Trinajstić information content (AvgIpc) is 2.64. The monoisotopic (exact) mass is 510 g/mol. The van der Waals surface area contributed by atoms with Crippen molar-refractivity contribution in [3.05, 3.63) is 35.4 Å². The van der Waals surface area contributed by atoms with E-state index in [1.54, 1.807) is 13.8 Å². The van der Waals surface area contributed by atoms with Gasteiger partial charge < -0.3 is 4.74 Å². The number of alkyl halides is 13. The number of rotatable bonds is 10. The summed E-state index contributed by atoms with van der Waals surface area (Å²) < 4.78 is 178. The van der Waals surface area contributed by atoms with Crippen LogP contribution in [-0.4, -0.2) is 42.9 Å². The Hall–Kier alpha value is -1.73. The molecule has 1 rings (SSSR count). The van der Waals surface area contributed by atoms with Gasteiger partial charge in [-0.1, -0.05) is 38.1 Å². The third-order valence-electron chi connectivity index (χ3n) is 4.75. The molecule has 0 aliphatic heterocycles. The van der Waals surface area contributed by atoms with Gasteiger partial charge in [0.2, 0.25) is 0 Å². The van der Waals surface area contributed by atoms with E-state index < -0.39 is 48.3 Å². The standard InChI is InChI=1S/C19H19F13O/c1-10(2)8-11-6-4-5-7-12(11)13(33-3)9-14(20,21)15(22,23)16(24,25)17(26,27)18(28,29)19(30,31)32/h4-7,10,13H,8-9H2,1-3H3. The number of hydrogen-bond acceptors (Lipinski definition) is 1. The largest absolute Gasteiger partial charge is 0.460 e. The van der Waals surface area contributed by atoms with Crippen molar-refractivity contribution in [2.24, 2.45) is 5.92 Å². The van der Waals surface area contributed by atoms with Gasteiger partial charge in [0.25, 0.3) is 0 Å². The topological polar surface area (TPSA) is 9.23 Å². The van der Waals surface area contributed by atoms with Gasteiger partial charge in [0.05, 0.1) is 6.10 Å². The van der Waals surface area contributed by atoms with E-state index in [0.717, 1.165) is 6.07 Å². The van der Waals surface area contributed by atoms with Crippen molar-refractivity contribution in [3.8, 4) is 0 Å². The first-order valence-electron chi connectivity index (χ1n) is 9.15. The fourth-order valence-electron chi connectivity index (χ4n) is 2.96. The molecule has 0 heterocycles. The van der Waals surface area contributed by atoms with Crippen LogP contribution in [0.1, 0.15) is 37.5 Å². The van der Waals surface area contributed by atoms with Crippen LogP contribution in [-0.2, 0) is 11.2 Å². The third kappa shape index (κ3) is 5.04. The molecule has 0 aliphatic rings. The highest BCUT2D eigenvalue weighted by atomic mass is 19.4. The van der Waals surface area contributed by atoms with Crippen molar-refractivity contribution in [2.75, 3.05) is 7.11 Å². The maximum absolute atomic E-state index is 14.3. The fraction of sp³-hybridized carbons (Fsp3) is 0.684. The van der Waals surface area contributed by atoms with Crippen LogP contribution in [0.15, 0.2) is 24.3 Å². The third-order valence-corrected chi connectivity index (χ3v) is 4.75. The maximum Gasteiger partial charge on any atom is 0.460 e. The molecule has 0 aromatic heterocycles. The van der Waals surface area contributed by atoms with Gasteiger partial charge in [-0.2, -0.15) is 57.1 Å². The van der Waals surface area contributed by atoms with Crippen LogP contribution >= 0.6 is 0 Å². The predicted molar refractivity (Wildman–Crippen MR) is 90.1 cm³/mol. The Bertz CT molecular complexity index is 799. The lowest BCUT2D eigenvalue weighted by Crippen LogP contribution is -2.70. The second-order valence-corrected chi connectivity index (χ2v) is 7.73. The Labute approximate surface area is 179 Å². The SMILES string of the molecule is COC(CC(F)(F)C(F)(F)C(F)(F)C(F)(F)C(F)(F)C(F)(F)F)c1ccccc1CC(C)C. The zero-order valence-corrected chi connectivity index (χ0v) is 17.2. The highest BCUT2D eigenvalue weighted by molar-refractivity contribution is 5.30. The molecule has 0 bridgehead atoms. The van der Waals surface area contributed by atoms with Crippen molar-refractivity contribution in [3.63, 3.8) is 0 Å². The van der Waals surface area contributed by atoms with E-state index in [9.17, 15) is 57.1 Å². The molecule has 0 spiro atoms. The predicted octanol–water partition coefficient (Wildman–Crippen LogP) is 7.70. The molecule has 0 amide bonds. The summed E-state index contributed by atoms with van der Waals surface area (Å²) >= 11 is 0. The second kappa shape index (κ2) is 9.14. The summed E-state index contributed by atoms with van der Waals surface area (Å²) in [7, 11) is 0.704. The van der Waals surface area contributed by atoms with Crippen molar-refractivity contribution >= 4 is 0 Å². The highest BCUT2D eigenvalue weighted by Crippen LogP contribution is 2.61.